The molecule has 0 radical (unpaired) electrons. The zero-order valence-electron chi connectivity index (χ0n) is 9.96. The Morgan fingerprint density at radius 2 is 2.32 bits per heavy atom. The van der Waals surface area contributed by atoms with Crippen LogP contribution in [-0.4, -0.2) is 25.8 Å². The van der Waals surface area contributed by atoms with Crippen molar-refractivity contribution >= 4 is 21.9 Å². The maximum Gasteiger partial charge on any atom is 0.375 e. The van der Waals surface area contributed by atoms with Gasteiger partial charge in [-0.05, 0) is 34.1 Å². The van der Waals surface area contributed by atoms with E-state index >= 15 is 0 Å². The summed E-state index contributed by atoms with van der Waals surface area (Å²) < 4.78 is 2.12. The first-order valence-corrected chi connectivity index (χ1v) is 6.25. The third-order valence-electron chi connectivity index (χ3n) is 2.49. The summed E-state index contributed by atoms with van der Waals surface area (Å²) in [5.74, 6) is -0.867. The van der Waals surface area contributed by atoms with Gasteiger partial charge in [-0.3, -0.25) is 0 Å². The SMILES string of the molecule is CCc1nc(C(=O)O)nn1-c1ccc(C#N)cc1Br. The van der Waals surface area contributed by atoms with E-state index in [4.69, 9.17) is 10.4 Å². The summed E-state index contributed by atoms with van der Waals surface area (Å²) in [6.07, 6.45) is 0.548. The molecular weight excluding hydrogens is 312 g/mol. The van der Waals surface area contributed by atoms with Crippen molar-refractivity contribution in [1.29, 1.82) is 5.26 Å². The van der Waals surface area contributed by atoms with Gasteiger partial charge in [0.2, 0.25) is 0 Å². The van der Waals surface area contributed by atoms with Crippen LogP contribution in [-0.2, 0) is 6.42 Å². The molecule has 1 N–H and O–H groups in total. The summed E-state index contributed by atoms with van der Waals surface area (Å²) >= 11 is 3.35. The molecule has 0 amide bonds. The van der Waals surface area contributed by atoms with Crippen LogP contribution in [0.2, 0.25) is 0 Å². The number of aromatic nitrogens is 3. The first-order valence-electron chi connectivity index (χ1n) is 5.46. The lowest BCUT2D eigenvalue weighted by Crippen LogP contribution is -2.04. The second-order valence-corrected chi connectivity index (χ2v) is 4.55. The summed E-state index contributed by atoms with van der Waals surface area (Å²) in [7, 11) is 0. The molecule has 1 aromatic carbocycles. The fourth-order valence-electron chi connectivity index (χ4n) is 1.60. The lowest BCUT2D eigenvalue weighted by Gasteiger charge is -2.06. The third kappa shape index (κ3) is 2.48. The Bertz CT molecular complexity index is 688. The maximum atomic E-state index is 10.9. The number of carbonyl (C=O) groups is 1. The monoisotopic (exact) mass is 320 g/mol. The molecule has 0 aliphatic heterocycles. The number of halogens is 1. The zero-order chi connectivity index (χ0) is 14.0. The minimum atomic E-state index is -1.17. The topological polar surface area (TPSA) is 91.8 Å². The van der Waals surface area contributed by atoms with Crippen molar-refractivity contribution < 1.29 is 9.90 Å². The van der Waals surface area contributed by atoms with Crippen molar-refractivity contribution in [2.45, 2.75) is 13.3 Å². The largest absolute Gasteiger partial charge is 0.475 e. The second kappa shape index (κ2) is 5.20. The molecule has 19 heavy (non-hydrogen) atoms. The van der Waals surface area contributed by atoms with Crippen molar-refractivity contribution in [3.8, 4) is 11.8 Å². The van der Waals surface area contributed by atoms with Gasteiger partial charge in [0.05, 0.1) is 17.3 Å². The predicted octanol–water partition coefficient (Wildman–Crippen LogP) is 2.16. The van der Waals surface area contributed by atoms with Crippen LogP contribution in [0.3, 0.4) is 0 Å². The van der Waals surface area contributed by atoms with Gasteiger partial charge in [0.1, 0.15) is 5.82 Å². The lowest BCUT2D eigenvalue weighted by molar-refractivity contribution is 0.0683. The van der Waals surface area contributed by atoms with Crippen LogP contribution in [0.5, 0.6) is 0 Å². The Hall–Kier alpha value is -2.20. The minimum Gasteiger partial charge on any atom is -0.475 e. The third-order valence-corrected chi connectivity index (χ3v) is 3.12. The Balaban J connectivity index is 2.58. The molecule has 2 aromatic rings. The molecule has 1 heterocycles. The van der Waals surface area contributed by atoms with Crippen molar-refractivity contribution in [2.75, 3.05) is 0 Å². The highest BCUT2D eigenvalue weighted by Gasteiger charge is 2.16. The quantitative estimate of drug-likeness (QED) is 0.935. The number of aryl methyl sites for hydroxylation is 1. The van der Waals surface area contributed by atoms with Crippen LogP contribution in [0.4, 0.5) is 0 Å². The summed E-state index contributed by atoms with van der Waals surface area (Å²) in [6.45, 7) is 1.86. The normalized spacial score (nSPS) is 10.2. The molecule has 0 spiro atoms. The summed E-state index contributed by atoms with van der Waals surface area (Å²) in [5, 5.41) is 21.7. The number of carboxylic acids is 1. The molecule has 96 valence electrons. The number of hydrogen-bond donors (Lipinski definition) is 1. The van der Waals surface area contributed by atoms with Gasteiger partial charge in [-0.25, -0.2) is 14.5 Å². The van der Waals surface area contributed by atoms with Crippen molar-refractivity contribution in [2.24, 2.45) is 0 Å². The molecular formula is C12H9BrN4O2. The van der Waals surface area contributed by atoms with E-state index < -0.39 is 5.97 Å². The van der Waals surface area contributed by atoms with Crippen LogP contribution < -0.4 is 0 Å². The minimum absolute atomic E-state index is 0.242. The molecule has 0 aliphatic carbocycles. The maximum absolute atomic E-state index is 10.9. The van der Waals surface area contributed by atoms with E-state index in [1.807, 2.05) is 13.0 Å². The number of benzene rings is 1. The number of carboxylic acid groups (broad SMARTS) is 1. The number of nitrogens with zero attached hydrogens (tertiary/aromatic N) is 4. The predicted molar refractivity (Wildman–Crippen MR) is 70.1 cm³/mol. The van der Waals surface area contributed by atoms with Gasteiger partial charge in [-0.15, -0.1) is 5.10 Å². The van der Waals surface area contributed by atoms with E-state index in [1.165, 1.54) is 4.68 Å². The van der Waals surface area contributed by atoms with E-state index in [0.29, 0.717) is 28.0 Å². The molecule has 0 unspecified atom stereocenters. The van der Waals surface area contributed by atoms with Crippen LogP contribution >= 0.6 is 15.9 Å². The first-order chi connectivity index (χ1) is 9.06. The van der Waals surface area contributed by atoms with Crippen LogP contribution in [0.1, 0.15) is 28.9 Å². The molecule has 0 saturated carbocycles. The second-order valence-electron chi connectivity index (χ2n) is 3.70. The van der Waals surface area contributed by atoms with Gasteiger partial charge >= 0.3 is 5.97 Å². The number of rotatable bonds is 3. The average Bonchev–Trinajstić information content (AvgIpc) is 2.82. The summed E-state index contributed by atoms with van der Waals surface area (Å²) in [6, 6.07) is 7.02. The summed E-state index contributed by atoms with van der Waals surface area (Å²) in [4.78, 5) is 14.9. The molecule has 0 fully saturated rings. The zero-order valence-corrected chi connectivity index (χ0v) is 11.5. The number of nitriles is 1. The van der Waals surface area contributed by atoms with Crippen molar-refractivity contribution in [1.82, 2.24) is 14.8 Å². The van der Waals surface area contributed by atoms with Gasteiger partial charge in [0.25, 0.3) is 5.82 Å². The Morgan fingerprint density at radius 3 is 2.84 bits per heavy atom. The molecule has 6 nitrogen and oxygen atoms in total. The molecule has 2 rings (SSSR count). The van der Waals surface area contributed by atoms with E-state index in [-0.39, 0.29) is 5.82 Å². The Morgan fingerprint density at radius 1 is 1.58 bits per heavy atom. The highest BCUT2D eigenvalue weighted by atomic mass is 79.9. The van der Waals surface area contributed by atoms with E-state index in [2.05, 4.69) is 26.0 Å². The molecule has 0 bridgehead atoms. The van der Waals surface area contributed by atoms with E-state index in [9.17, 15) is 4.79 Å². The highest BCUT2D eigenvalue weighted by Crippen LogP contribution is 2.23. The smallest absolute Gasteiger partial charge is 0.375 e. The lowest BCUT2D eigenvalue weighted by atomic mass is 10.2. The average molecular weight is 321 g/mol. The van der Waals surface area contributed by atoms with Crippen LogP contribution in [0.15, 0.2) is 22.7 Å². The van der Waals surface area contributed by atoms with Crippen molar-refractivity contribution in [3.05, 3.63) is 39.9 Å². The van der Waals surface area contributed by atoms with E-state index in [1.54, 1.807) is 18.2 Å². The number of hydrogen-bond acceptors (Lipinski definition) is 4. The van der Waals surface area contributed by atoms with Gasteiger partial charge in [-0.1, -0.05) is 6.92 Å². The van der Waals surface area contributed by atoms with Gasteiger partial charge in [0, 0.05) is 10.9 Å². The molecule has 0 aliphatic rings. The first kappa shape index (κ1) is 13.2. The highest BCUT2D eigenvalue weighted by molar-refractivity contribution is 9.10. The fourth-order valence-corrected chi connectivity index (χ4v) is 2.15. The van der Waals surface area contributed by atoms with Crippen LogP contribution in [0, 0.1) is 11.3 Å². The Kier molecular flexibility index (Phi) is 3.62. The molecule has 1 aromatic heterocycles. The molecule has 0 atom stereocenters. The molecule has 0 saturated heterocycles. The van der Waals surface area contributed by atoms with Gasteiger partial charge < -0.3 is 5.11 Å². The van der Waals surface area contributed by atoms with Crippen LogP contribution in [0.25, 0.3) is 5.69 Å². The van der Waals surface area contributed by atoms with Gasteiger partial charge in [0.15, 0.2) is 0 Å². The summed E-state index contributed by atoms with van der Waals surface area (Å²) in [5.41, 5.74) is 1.16. The molecule has 7 heteroatoms. The van der Waals surface area contributed by atoms with E-state index in [0.717, 1.165) is 0 Å². The standard InChI is InChI=1S/C12H9BrN4O2/c1-2-10-15-11(12(18)19)16-17(10)9-4-3-7(6-14)5-8(9)13/h3-5H,2H2,1H3,(H,18,19). The Labute approximate surface area is 117 Å². The van der Waals surface area contributed by atoms with Crippen molar-refractivity contribution in [3.63, 3.8) is 0 Å². The van der Waals surface area contributed by atoms with Gasteiger partial charge in [-0.2, -0.15) is 5.26 Å². The number of aromatic carboxylic acids is 1. The fraction of sp³-hybridized carbons (Fsp3) is 0.167.